The molecule has 0 fully saturated rings. The summed E-state index contributed by atoms with van der Waals surface area (Å²) in [7, 11) is 1.08. The Labute approximate surface area is 149 Å². The van der Waals surface area contributed by atoms with Crippen molar-refractivity contribution in [3.63, 3.8) is 0 Å². The molecule has 2 amide bonds. The standard InChI is InChI=1S/C19H19F3N2O2/c1-13-6-3-4-8-15(13)11-17(25)23-16-9-5-7-14(10-16)12-24(2)18(26)19(20,21)22/h3-10H,11-12H2,1-2H3,(H,23,25). The molecule has 0 saturated heterocycles. The summed E-state index contributed by atoms with van der Waals surface area (Å²) in [6.45, 7) is 1.70. The molecule has 4 nitrogen and oxygen atoms in total. The molecule has 0 atom stereocenters. The van der Waals surface area contributed by atoms with E-state index in [4.69, 9.17) is 0 Å². The third-order valence-electron chi connectivity index (χ3n) is 3.83. The predicted molar refractivity (Wildman–Crippen MR) is 92.5 cm³/mol. The fraction of sp³-hybridized carbons (Fsp3) is 0.263. The van der Waals surface area contributed by atoms with Crippen molar-refractivity contribution in [3.05, 3.63) is 65.2 Å². The summed E-state index contributed by atoms with van der Waals surface area (Å²) in [6, 6.07) is 13.9. The Morgan fingerprint density at radius 1 is 1.08 bits per heavy atom. The molecule has 2 aromatic rings. The van der Waals surface area contributed by atoms with Crippen molar-refractivity contribution in [2.45, 2.75) is 26.1 Å². The molecule has 26 heavy (non-hydrogen) atoms. The summed E-state index contributed by atoms with van der Waals surface area (Å²) in [5.74, 6) is -2.14. The molecule has 0 aliphatic heterocycles. The Balaban J connectivity index is 2.01. The number of benzene rings is 2. The van der Waals surface area contributed by atoms with Crippen LogP contribution in [0.5, 0.6) is 0 Å². The first-order valence-electron chi connectivity index (χ1n) is 7.92. The Morgan fingerprint density at radius 3 is 2.42 bits per heavy atom. The highest BCUT2D eigenvalue weighted by molar-refractivity contribution is 5.92. The molecule has 0 aliphatic rings. The minimum absolute atomic E-state index is 0.198. The highest BCUT2D eigenvalue weighted by Gasteiger charge is 2.41. The van der Waals surface area contributed by atoms with Crippen LogP contribution in [-0.4, -0.2) is 29.9 Å². The molecule has 0 radical (unpaired) electrons. The minimum Gasteiger partial charge on any atom is -0.334 e. The highest BCUT2D eigenvalue weighted by atomic mass is 19.4. The lowest BCUT2D eigenvalue weighted by Crippen LogP contribution is -2.37. The molecular formula is C19H19F3N2O2. The molecule has 2 rings (SSSR count). The van der Waals surface area contributed by atoms with Gasteiger partial charge in [-0.2, -0.15) is 13.2 Å². The second-order valence-electron chi connectivity index (χ2n) is 6.01. The average molecular weight is 364 g/mol. The smallest absolute Gasteiger partial charge is 0.334 e. The SMILES string of the molecule is Cc1ccccc1CC(=O)Nc1cccc(CN(C)C(=O)C(F)(F)F)c1. The van der Waals surface area contributed by atoms with E-state index in [2.05, 4.69) is 5.32 Å². The first-order chi connectivity index (χ1) is 12.2. The molecule has 0 saturated carbocycles. The van der Waals surface area contributed by atoms with E-state index in [1.54, 1.807) is 24.3 Å². The molecule has 0 unspecified atom stereocenters. The van der Waals surface area contributed by atoms with E-state index in [0.717, 1.165) is 18.2 Å². The van der Waals surface area contributed by atoms with Crippen LogP contribution < -0.4 is 5.32 Å². The van der Waals surface area contributed by atoms with Gasteiger partial charge in [-0.1, -0.05) is 36.4 Å². The van der Waals surface area contributed by atoms with Crippen molar-refractivity contribution in [1.29, 1.82) is 0 Å². The molecule has 0 aliphatic carbocycles. The van der Waals surface area contributed by atoms with Crippen LogP contribution in [0.15, 0.2) is 48.5 Å². The Kier molecular flexibility index (Phi) is 6.02. The number of rotatable bonds is 5. The third-order valence-corrected chi connectivity index (χ3v) is 3.83. The fourth-order valence-electron chi connectivity index (χ4n) is 2.50. The van der Waals surface area contributed by atoms with Crippen LogP contribution in [0.1, 0.15) is 16.7 Å². The summed E-state index contributed by atoms with van der Waals surface area (Å²) < 4.78 is 37.3. The predicted octanol–water partition coefficient (Wildman–Crippen LogP) is 3.70. The van der Waals surface area contributed by atoms with E-state index < -0.39 is 12.1 Å². The molecule has 0 spiro atoms. The summed E-state index contributed by atoms with van der Waals surface area (Å²) in [6.07, 6.45) is -4.71. The number of hydrogen-bond donors (Lipinski definition) is 1. The van der Waals surface area contributed by atoms with Crippen LogP contribution in [0.2, 0.25) is 0 Å². The Hall–Kier alpha value is -2.83. The number of hydrogen-bond acceptors (Lipinski definition) is 2. The average Bonchev–Trinajstić information content (AvgIpc) is 2.55. The van der Waals surface area contributed by atoms with Crippen LogP contribution in [0, 0.1) is 6.92 Å². The monoisotopic (exact) mass is 364 g/mol. The van der Waals surface area contributed by atoms with Crippen molar-refractivity contribution in [3.8, 4) is 0 Å². The number of nitrogens with zero attached hydrogens (tertiary/aromatic N) is 1. The zero-order valence-corrected chi connectivity index (χ0v) is 14.4. The molecule has 1 N–H and O–H groups in total. The maximum absolute atomic E-state index is 12.4. The van der Waals surface area contributed by atoms with E-state index in [1.165, 1.54) is 0 Å². The number of anilines is 1. The second-order valence-corrected chi connectivity index (χ2v) is 6.01. The van der Waals surface area contributed by atoms with Crippen LogP contribution in [0.25, 0.3) is 0 Å². The van der Waals surface area contributed by atoms with Crippen LogP contribution >= 0.6 is 0 Å². The van der Waals surface area contributed by atoms with Crippen molar-refractivity contribution in [2.24, 2.45) is 0 Å². The van der Waals surface area contributed by atoms with Crippen LogP contribution in [0.3, 0.4) is 0 Å². The zero-order valence-electron chi connectivity index (χ0n) is 14.4. The van der Waals surface area contributed by atoms with E-state index in [0.29, 0.717) is 16.2 Å². The topological polar surface area (TPSA) is 49.4 Å². The lowest BCUT2D eigenvalue weighted by atomic mass is 10.1. The van der Waals surface area contributed by atoms with Gasteiger partial charge in [0.2, 0.25) is 5.91 Å². The van der Waals surface area contributed by atoms with Gasteiger partial charge >= 0.3 is 12.1 Å². The number of amides is 2. The molecule has 0 heterocycles. The van der Waals surface area contributed by atoms with Crippen molar-refractivity contribution < 1.29 is 22.8 Å². The second kappa shape index (κ2) is 8.03. The van der Waals surface area contributed by atoms with Gasteiger partial charge in [-0.25, -0.2) is 0 Å². The summed E-state index contributed by atoms with van der Waals surface area (Å²) >= 11 is 0. The Bertz CT molecular complexity index is 803. The maximum atomic E-state index is 12.4. The molecule has 0 aromatic heterocycles. The molecule has 138 valence electrons. The van der Waals surface area contributed by atoms with E-state index >= 15 is 0 Å². The minimum atomic E-state index is -4.91. The van der Waals surface area contributed by atoms with E-state index in [-0.39, 0.29) is 18.9 Å². The van der Waals surface area contributed by atoms with Gasteiger partial charge < -0.3 is 10.2 Å². The lowest BCUT2D eigenvalue weighted by molar-refractivity contribution is -0.184. The first kappa shape index (κ1) is 19.5. The van der Waals surface area contributed by atoms with Gasteiger partial charge in [0.15, 0.2) is 0 Å². The van der Waals surface area contributed by atoms with Crippen molar-refractivity contribution in [2.75, 3.05) is 12.4 Å². The third kappa shape index (κ3) is 5.34. The van der Waals surface area contributed by atoms with E-state index in [1.807, 2.05) is 31.2 Å². The quantitative estimate of drug-likeness (QED) is 0.880. The van der Waals surface area contributed by atoms with E-state index in [9.17, 15) is 22.8 Å². The largest absolute Gasteiger partial charge is 0.471 e. The van der Waals surface area contributed by atoms with Gasteiger partial charge in [0.25, 0.3) is 0 Å². The first-order valence-corrected chi connectivity index (χ1v) is 7.92. The van der Waals surface area contributed by atoms with Crippen molar-refractivity contribution >= 4 is 17.5 Å². The number of aryl methyl sites for hydroxylation is 1. The number of alkyl halides is 3. The highest BCUT2D eigenvalue weighted by Crippen LogP contribution is 2.20. The van der Waals surface area contributed by atoms with Crippen LogP contribution in [-0.2, 0) is 22.6 Å². The van der Waals surface area contributed by atoms with Crippen LogP contribution in [0.4, 0.5) is 18.9 Å². The fourth-order valence-corrected chi connectivity index (χ4v) is 2.50. The molecule has 2 aromatic carbocycles. The molecular weight excluding hydrogens is 345 g/mol. The Morgan fingerprint density at radius 2 is 1.77 bits per heavy atom. The van der Waals surface area contributed by atoms with Crippen molar-refractivity contribution in [1.82, 2.24) is 4.90 Å². The number of nitrogens with one attached hydrogen (secondary N) is 1. The van der Waals surface area contributed by atoms with Gasteiger partial charge in [-0.3, -0.25) is 9.59 Å². The lowest BCUT2D eigenvalue weighted by Gasteiger charge is -2.19. The zero-order chi connectivity index (χ0) is 19.3. The van der Waals surface area contributed by atoms with Gasteiger partial charge in [0.05, 0.1) is 6.42 Å². The maximum Gasteiger partial charge on any atom is 0.471 e. The summed E-state index contributed by atoms with van der Waals surface area (Å²) in [5, 5.41) is 2.73. The number of carbonyl (C=O) groups excluding carboxylic acids is 2. The van der Waals surface area contributed by atoms with Gasteiger partial charge in [-0.15, -0.1) is 0 Å². The summed E-state index contributed by atoms with van der Waals surface area (Å²) in [5.41, 5.74) is 2.85. The molecule has 0 bridgehead atoms. The van der Waals surface area contributed by atoms with Gasteiger partial charge in [-0.05, 0) is 35.7 Å². The summed E-state index contributed by atoms with van der Waals surface area (Å²) in [4.78, 5) is 24.0. The van der Waals surface area contributed by atoms with Gasteiger partial charge in [0, 0.05) is 19.3 Å². The number of carbonyl (C=O) groups is 2. The number of halogens is 3. The molecule has 7 heteroatoms. The van der Waals surface area contributed by atoms with Gasteiger partial charge in [0.1, 0.15) is 0 Å². The normalized spacial score (nSPS) is 11.1.